The Morgan fingerprint density at radius 2 is 2.21 bits per heavy atom. The molecule has 0 saturated carbocycles. The van der Waals surface area contributed by atoms with Crippen LogP contribution in [0, 0.1) is 0 Å². The van der Waals surface area contributed by atoms with E-state index in [1.54, 1.807) is 11.8 Å². The maximum atomic E-state index is 12.2. The van der Waals surface area contributed by atoms with Gasteiger partial charge in [-0.1, -0.05) is 0 Å². The molecule has 1 N–H and O–H groups in total. The molecule has 1 rings (SSSR count). The van der Waals surface area contributed by atoms with Crippen molar-refractivity contribution in [2.75, 3.05) is 32.9 Å². The topological polar surface area (TPSA) is 67.9 Å². The first-order valence-electron chi connectivity index (χ1n) is 6.80. The monoisotopic (exact) mass is 272 g/mol. The molecule has 1 atom stereocenters. The minimum absolute atomic E-state index is 0.0118. The number of nitrogens with one attached hydrogen (secondary N) is 1. The Balaban J connectivity index is 2.49. The molecule has 1 aliphatic heterocycles. The first-order chi connectivity index (χ1) is 9.04. The molecule has 1 heterocycles. The number of carbonyl (C=O) groups excluding carboxylic acids is 2. The zero-order chi connectivity index (χ0) is 14.3. The summed E-state index contributed by atoms with van der Waals surface area (Å²) >= 11 is 0. The van der Waals surface area contributed by atoms with Gasteiger partial charge in [-0.15, -0.1) is 0 Å². The highest BCUT2D eigenvalue weighted by atomic mass is 16.5. The van der Waals surface area contributed by atoms with Crippen molar-refractivity contribution in [3.63, 3.8) is 0 Å². The van der Waals surface area contributed by atoms with E-state index in [-0.39, 0.29) is 30.5 Å². The third-order valence-corrected chi connectivity index (χ3v) is 2.97. The molecule has 1 unspecified atom stereocenters. The van der Waals surface area contributed by atoms with Gasteiger partial charge in [-0.2, -0.15) is 0 Å². The zero-order valence-corrected chi connectivity index (χ0v) is 12.0. The van der Waals surface area contributed by atoms with E-state index in [1.807, 2.05) is 13.8 Å². The summed E-state index contributed by atoms with van der Waals surface area (Å²) in [6, 6.07) is 0.00566. The van der Waals surface area contributed by atoms with Crippen molar-refractivity contribution in [3.8, 4) is 0 Å². The fourth-order valence-electron chi connectivity index (χ4n) is 1.98. The predicted molar refractivity (Wildman–Crippen MR) is 70.7 cm³/mol. The van der Waals surface area contributed by atoms with Gasteiger partial charge in [0.15, 0.2) is 0 Å². The predicted octanol–water partition coefficient (Wildman–Crippen LogP) is 0.165. The normalized spacial score (nSPS) is 19.3. The Bertz CT molecular complexity index is 301. The summed E-state index contributed by atoms with van der Waals surface area (Å²) in [5.74, 6) is -0.413. The summed E-state index contributed by atoms with van der Waals surface area (Å²) in [4.78, 5) is 25.3. The van der Waals surface area contributed by atoms with Gasteiger partial charge >= 0.3 is 5.97 Å². The van der Waals surface area contributed by atoms with Crippen LogP contribution in [-0.2, 0) is 19.1 Å². The molecular formula is C13H24N2O4. The molecule has 0 aromatic rings. The summed E-state index contributed by atoms with van der Waals surface area (Å²) in [5, 5.41) is 3.23. The lowest BCUT2D eigenvalue weighted by Gasteiger charge is -2.29. The minimum atomic E-state index is -0.364. The van der Waals surface area contributed by atoms with E-state index in [1.165, 1.54) is 0 Å². The van der Waals surface area contributed by atoms with E-state index in [0.29, 0.717) is 26.2 Å². The number of carbonyl (C=O) groups is 2. The van der Waals surface area contributed by atoms with Crippen molar-refractivity contribution in [2.45, 2.75) is 39.3 Å². The number of esters is 1. The molecule has 1 amide bonds. The standard InChI is InChI=1S/C13H24N2O4/c1-4-19-13(17)8-15(10(2)3)12(16)7-11-9-18-6-5-14-11/h10-11,14H,4-9H2,1-3H3. The fourth-order valence-corrected chi connectivity index (χ4v) is 1.98. The Labute approximate surface area is 114 Å². The number of hydrogen-bond donors (Lipinski definition) is 1. The van der Waals surface area contributed by atoms with Crippen molar-refractivity contribution < 1.29 is 19.1 Å². The van der Waals surface area contributed by atoms with E-state index in [2.05, 4.69) is 5.32 Å². The summed E-state index contributed by atoms with van der Waals surface area (Å²) < 4.78 is 10.2. The molecule has 1 aliphatic rings. The Kier molecular flexibility index (Phi) is 6.80. The fraction of sp³-hybridized carbons (Fsp3) is 0.846. The molecule has 0 aromatic heterocycles. The molecular weight excluding hydrogens is 248 g/mol. The van der Waals surface area contributed by atoms with Crippen molar-refractivity contribution in [1.82, 2.24) is 10.2 Å². The van der Waals surface area contributed by atoms with Crippen molar-refractivity contribution in [1.29, 1.82) is 0 Å². The van der Waals surface area contributed by atoms with Crippen molar-refractivity contribution in [3.05, 3.63) is 0 Å². The van der Waals surface area contributed by atoms with Gasteiger partial charge in [0.25, 0.3) is 0 Å². The molecule has 0 bridgehead atoms. The molecule has 19 heavy (non-hydrogen) atoms. The second-order valence-electron chi connectivity index (χ2n) is 4.85. The molecule has 6 heteroatoms. The van der Waals surface area contributed by atoms with Gasteiger partial charge in [-0.25, -0.2) is 0 Å². The Morgan fingerprint density at radius 3 is 2.74 bits per heavy atom. The van der Waals surface area contributed by atoms with Gasteiger partial charge < -0.3 is 19.7 Å². The first kappa shape index (κ1) is 15.9. The van der Waals surface area contributed by atoms with Crippen LogP contribution in [0.3, 0.4) is 0 Å². The third-order valence-electron chi connectivity index (χ3n) is 2.97. The van der Waals surface area contributed by atoms with Crippen LogP contribution in [0.4, 0.5) is 0 Å². The van der Waals surface area contributed by atoms with Crippen LogP contribution in [0.25, 0.3) is 0 Å². The van der Waals surface area contributed by atoms with Crippen LogP contribution in [0.1, 0.15) is 27.2 Å². The van der Waals surface area contributed by atoms with Crippen LogP contribution in [-0.4, -0.2) is 61.8 Å². The average Bonchev–Trinajstić information content (AvgIpc) is 2.37. The number of ether oxygens (including phenoxy) is 2. The highest BCUT2D eigenvalue weighted by Gasteiger charge is 2.24. The van der Waals surface area contributed by atoms with Crippen LogP contribution >= 0.6 is 0 Å². The highest BCUT2D eigenvalue weighted by Crippen LogP contribution is 2.07. The average molecular weight is 272 g/mol. The maximum absolute atomic E-state index is 12.2. The van der Waals surface area contributed by atoms with E-state index in [4.69, 9.17) is 9.47 Å². The van der Waals surface area contributed by atoms with Gasteiger partial charge in [0.1, 0.15) is 6.54 Å². The second kappa shape index (κ2) is 8.12. The van der Waals surface area contributed by atoms with E-state index < -0.39 is 0 Å². The maximum Gasteiger partial charge on any atom is 0.325 e. The van der Waals surface area contributed by atoms with Gasteiger partial charge in [-0.05, 0) is 20.8 Å². The van der Waals surface area contributed by atoms with E-state index in [0.717, 1.165) is 6.54 Å². The smallest absolute Gasteiger partial charge is 0.325 e. The number of morpholine rings is 1. The summed E-state index contributed by atoms with van der Waals surface area (Å²) in [5.41, 5.74) is 0. The SMILES string of the molecule is CCOC(=O)CN(C(=O)CC1COCCN1)C(C)C. The van der Waals surface area contributed by atoms with Crippen LogP contribution < -0.4 is 5.32 Å². The van der Waals surface area contributed by atoms with E-state index in [9.17, 15) is 9.59 Å². The molecule has 0 spiro atoms. The van der Waals surface area contributed by atoms with Crippen molar-refractivity contribution >= 4 is 11.9 Å². The largest absolute Gasteiger partial charge is 0.465 e. The number of hydrogen-bond acceptors (Lipinski definition) is 5. The molecule has 0 aromatic carbocycles. The lowest BCUT2D eigenvalue weighted by molar-refractivity contribution is -0.150. The molecule has 110 valence electrons. The number of amides is 1. The Hall–Kier alpha value is -1.14. The number of nitrogens with zero attached hydrogens (tertiary/aromatic N) is 1. The lowest BCUT2D eigenvalue weighted by Crippen LogP contribution is -2.47. The van der Waals surface area contributed by atoms with Gasteiger partial charge in [0.05, 0.1) is 19.8 Å². The molecule has 0 aliphatic carbocycles. The van der Waals surface area contributed by atoms with E-state index >= 15 is 0 Å². The van der Waals surface area contributed by atoms with Crippen LogP contribution in [0.15, 0.2) is 0 Å². The lowest BCUT2D eigenvalue weighted by atomic mass is 10.1. The highest BCUT2D eigenvalue weighted by molar-refractivity contribution is 5.82. The summed E-state index contributed by atoms with van der Waals surface area (Å²) in [7, 11) is 0. The Morgan fingerprint density at radius 1 is 1.47 bits per heavy atom. The van der Waals surface area contributed by atoms with Crippen molar-refractivity contribution in [2.24, 2.45) is 0 Å². The molecule has 0 radical (unpaired) electrons. The van der Waals surface area contributed by atoms with Gasteiger partial charge in [0.2, 0.25) is 5.91 Å². The quantitative estimate of drug-likeness (QED) is 0.698. The first-order valence-corrected chi connectivity index (χ1v) is 6.80. The zero-order valence-electron chi connectivity index (χ0n) is 12.0. The van der Waals surface area contributed by atoms with Gasteiger partial charge in [0, 0.05) is 25.0 Å². The second-order valence-corrected chi connectivity index (χ2v) is 4.85. The van der Waals surface area contributed by atoms with Crippen LogP contribution in [0.2, 0.25) is 0 Å². The molecule has 6 nitrogen and oxygen atoms in total. The van der Waals surface area contributed by atoms with Gasteiger partial charge in [-0.3, -0.25) is 9.59 Å². The molecule has 1 saturated heterocycles. The number of rotatable bonds is 6. The molecule has 1 fully saturated rings. The van der Waals surface area contributed by atoms with Crippen LogP contribution in [0.5, 0.6) is 0 Å². The third kappa shape index (κ3) is 5.57. The summed E-state index contributed by atoms with van der Waals surface area (Å²) in [6.07, 6.45) is 0.345. The summed E-state index contributed by atoms with van der Waals surface area (Å²) in [6.45, 7) is 7.86. The minimum Gasteiger partial charge on any atom is -0.465 e.